The molecule has 5 N–H and O–H groups in total. The van der Waals surface area contributed by atoms with Gasteiger partial charge in [0.1, 0.15) is 6.04 Å². The fraction of sp³-hybridized carbons (Fsp3) is 0.933. The summed E-state index contributed by atoms with van der Waals surface area (Å²) < 4.78 is 0. The number of hydrogen-bond donors (Lipinski definition) is 5. The predicted octanol–water partition coefficient (Wildman–Crippen LogP) is 3.98. The monoisotopic (exact) mass is 521 g/mol. The molecule has 13 atom stereocenters. The summed E-state index contributed by atoms with van der Waals surface area (Å²) in [5.74, 6) is 0.153. The van der Waals surface area contributed by atoms with Crippen LogP contribution in [0.1, 0.15) is 98.8 Å². The lowest BCUT2D eigenvalue weighted by Crippen LogP contribution is -2.62. The molecule has 0 aromatic heterocycles. The first-order valence-electron chi connectivity index (χ1n) is 14.9. The smallest absolute Gasteiger partial charge is 0.326 e. The van der Waals surface area contributed by atoms with E-state index in [1.165, 1.54) is 0 Å². The van der Waals surface area contributed by atoms with Crippen molar-refractivity contribution < 1.29 is 30.0 Å². The summed E-state index contributed by atoms with van der Waals surface area (Å²) in [6.45, 7) is 10.5. The van der Waals surface area contributed by atoms with Crippen LogP contribution in [0, 0.1) is 52.3 Å². The maximum Gasteiger partial charge on any atom is 0.326 e. The highest BCUT2D eigenvalue weighted by Gasteiger charge is 2.65. The number of hydrogen-bond acceptors (Lipinski definition) is 5. The first-order valence-corrected chi connectivity index (χ1v) is 14.9. The molecule has 212 valence electrons. The molecular formula is C30H51NO6. The molecule has 0 aromatic rings. The van der Waals surface area contributed by atoms with Gasteiger partial charge < -0.3 is 25.7 Å². The largest absolute Gasteiger partial charge is 0.480 e. The van der Waals surface area contributed by atoms with Gasteiger partial charge in [0.15, 0.2) is 0 Å². The number of carbonyl (C=O) groups is 2. The van der Waals surface area contributed by atoms with Gasteiger partial charge in [-0.2, -0.15) is 0 Å². The van der Waals surface area contributed by atoms with Crippen LogP contribution >= 0.6 is 0 Å². The SMILES string of the molecule is CCC(C)C(NC(=O)CCC(C)[C@H]1CC[C@H]2[C@@H]3[C@H](O)C[C@@H]4C[C@H](O)CC[C@]4(C)[C@H]3C[C@H](O)[C@]12C)C(=O)O. The number of aliphatic hydroxyl groups is 3. The molecule has 0 heterocycles. The third kappa shape index (κ3) is 4.98. The van der Waals surface area contributed by atoms with Crippen molar-refractivity contribution in [1.29, 1.82) is 0 Å². The lowest BCUT2D eigenvalue weighted by Gasteiger charge is -2.63. The van der Waals surface area contributed by atoms with E-state index in [2.05, 4.69) is 26.1 Å². The predicted molar refractivity (Wildman–Crippen MR) is 141 cm³/mol. The number of fused-ring (bicyclic) bond motifs is 5. The van der Waals surface area contributed by atoms with Crippen LogP contribution in [0.5, 0.6) is 0 Å². The van der Waals surface area contributed by atoms with E-state index in [9.17, 15) is 30.0 Å². The highest BCUT2D eigenvalue weighted by molar-refractivity contribution is 5.83. The molecule has 4 aliphatic rings. The average molecular weight is 522 g/mol. The number of nitrogens with one attached hydrogen (secondary N) is 1. The molecule has 7 heteroatoms. The second-order valence-corrected chi connectivity index (χ2v) is 13.8. The average Bonchev–Trinajstić information content (AvgIpc) is 3.20. The second-order valence-electron chi connectivity index (χ2n) is 13.8. The summed E-state index contributed by atoms with van der Waals surface area (Å²) in [5, 5.41) is 45.7. The quantitative estimate of drug-likeness (QED) is 0.329. The van der Waals surface area contributed by atoms with E-state index < -0.39 is 24.2 Å². The van der Waals surface area contributed by atoms with Crippen LogP contribution in [0.25, 0.3) is 0 Å². The summed E-state index contributed by atoms with van der Waals surface area (Å²) in [7, 11) is 0. The maximum absolute atomic E-state index is 12.7. The molecule has 1 amide bonds. The van der Waals surface area contributed by atoms with E-state index in [4.69, 9.17) is 0 Å². The summed E-state index contributed by atoms with van der Waals surface area (Å²) in [5.41, 5.74) is -0.237. The second kappa shape index (κ2) is 10.8. The Morgan fingerprint density at radius 3 is 2.35 bits per heavy atom. The normalized spacial score (nSPS) is 45.6. The van der Waals surface area contributed by atoms with Gasteiger partial charge in [0.2, 0.25) is 5.91 Å². The number of carbonyl (C=O) groups excluding carboxylic acids is 1. The molecule has 4 saturated carbocycles. The van der Waals surface area contributed by atoms with Gasteiger partial charge in [-0.1, -0.05) is 41.0 Å². The molecule has 37 heavy (non-hydrogen) atoms. The van der Waals surface area contributed by atoms with Crippen molar-refractivity contribution in [2.45, 2.75) is 123 Å². The summed E-state index contributed by atoms with van der Waals surface area (Å²) >= 11 is 0. The van der Waals surface area contributed by atoms with Crippen LogP contribution in [0.3, 0.4) is 0 Å². The fourth-order valence-electron chi connectivity index (χ4n) is 9.62. The maximum atomic E-state index is 12.7. The summed E-state index contributed by atoms with van der Waals surface area (Å²) in [6.07, 6.45) is 6.48. The number of rotatable bonds is 8. The number of amides is 1. The third-order valence-electron chi connectivity index (χ3n) is 12.1. The zero-order valence-electron chi connectivity index (χ0n) is 23.5. The van der Waals surface area contributed by atoms with E-state index in [-0.39, 0.29) is 64.8 Å². The van der Waals surface area contributed by atoms with Crippen molar-refractivity contribution in [3.05, 3.63) is 0 Å². The number of aliphatic hydroxyl groups excluding tert-OH is 3. The summed E-state index contributed by atoms with van der Waals surface area (Å²) in [4.78, 5) is 24.3. The molecule has 4 aliphatic carbocycles. The van der Waals surface area contributed by atoms with E-state index in [0.29, 0.717) is 25.2 Å². The van der Waals surface area contributed by atoms with Gasteiger partial charge in [-0.15, -0.1) is 0 Å². The van der Waals surface area contributed by atoms with Crippen LogP contribution in [0.4, 0.5) is 0 Å². The Kier molecular flexibility index (Phi) is 8.39. The first-order chi connectivity index (χ1) is 17.3. The van der Waals surface area contributed by atoms with Gasteiger partial charge in [-0.3, -0.25) is 4.79 Å². The summed E-state index contributed by atoms with van der Waals surface area (Å²) in [6, 6.07) is -0.864. The van der Waals surface area contributed by atoms with Gasteiger partial charge >= 0.3 is 5.97 Å². The molecular weight excluding hydrogens is 470 g/mol. The first kappa shape index (κ1) is 28.8. The van der Waals surface area contributed by atoms with E-state index in [1.54, 1.807) is 0 Å². The van der Waals surface area contributed by atoms with E-state index in [0.717, 1.165) is 38.5 Å². The van der Waals surface area contributed by atoms with Gasteiger partial charge in [0.25, 0.3) is 0 Å². The Morgan fingerprint density at radius 2 is 1.70 bits per heavy atom. The topological polar surface area (TPSA) is 127 Å². The van der Waals surface area contributed by atoms with Gasteiger partial charge in [0.05, 0.1) is 18.3 Å². The van der Waals surface area contributed by atoms with Crippen molar-refractivity contribution in [2.75, 3.05) is 0 Å². The van der Waals surface area contributed by atoms with Crippen molar-refractivity contribution in [3.63, 3.8) is 0 Å². The Balaban J connectivity index is 1.45. The van der Waals surface area contributed by atoms with Crippen molar-refractivity contribution in [1.82, 2.24) is 5.32 Å². The highest BCUT2D eigenvalue weighted by atomic mass is 16.4. The van der Waals surface area contributed by atoms with Crippen LogP contribution in [0.2, 0.25) is 0 Å². The van der Waals surface area contributed by atoms with Crippen molar-refractivity contribution in [2.24, 2.45) is 52.3 Å². The van der Waals surface area contributed by atoms with E-state index in [1.807, 2.05) is 13.8 Å². The Bertz CT molecular complexity index is 850. The molecule has 0 saturated heterocycles. The van der Waals surface area contributed by atoms with Crippen molar-refractivity contribution in [3.8, 4) is 0 Å². The Hall–Kier alpha value is -1.18. The van der Waals surface area contributed by atoms with Gasteiger partial charge in [-0.25, -0.2) is 4.79 Å². The molecule has 4 fully saturated rings. The van der Waals surface area contributed by atoms with Gasteiger partial charge in [0, 0.05) is 6.42 Å². The minimum atomic E-state index is -0.990. The Morgan fingerprint density at radius 1 is 1.00 bits per heavy atom. The standard InChI is InChI=1S/C30H51NO6/c1-6-16(2)27(28(36)37)31-25(35)10-7-17(3)20-8-9-21-26-22(15-24(34)30(20,21)5)29(4)12-11-19(32)13-18(29)14-23(26)33/h16-24,26-27,32-34H,6-15H2,1-5H3,(H,31,35)(H,36,37)/t16?,17?,18-,19+,20+,21-,22-,23+,24-,26-,27?,29-,30+/m0/s1. The van der Waals surface area contributed by atoms with Gasteiger partial charge in [-0.05, 0) is 104 Å². The molecule has 7 nitrogen and oxygen atoms in total. The molecule has 0 aromatic carbocycles. The lowest BCUT2D eigenvalue weighted by molar-refractivity contribution is -0.207. The van der Waals surface area contributed by atoms with Crippen LogP contribution < -0.4 is 5.32 Å². The molecule has 0 radical (unpaired) electrons. The third-order valence-corrected chi connectivity index (χ3v) is 12.1. The van der Waals surface area contributed by atoms with Crippen LogP contribution in [-0.4, -0.2) is 56.7 Å². The molecule has 4 rings (SSSR count). The highest BCUT2D eigenvalue weighted by Crippen LogP contribution is 2.68. The number of carboxylic acid groups (broad SMARTS) is 1. The van der Waals surface area contributed by atoms with E-state index >= 15 is 0 Å². The zero-order valence-corrected chi connectivity index (χ0v) is 23.5. The molecule has 0 bridgehead atoms. The Labute approximate surface area is 222 Å². The fourth-order valence-corrected chi connectivity index (χ4v) is 9.62. The number of carboxylic acids is 1. The van der Waals surface area contributed by atoms with Crippen LogP contribution in [-0.2, 0) is 9.59 Å². The number of aliphatic carboxylic acids is 1. The molecule has 0 spiro atoms. The van der Waals surface area contributed by atoms with Crippen LogP contribution in [0.15, 0.2) is 0 Å². The molecule has 0 aliphatic heterocycles. The minimum Gasteiger partial charge on any atom is -0.480 e. The zero-order chi connectivity index (χ0) is 27.3. The lowest BCUT2D eigenvalue weighted by atomic mass is 9.43. The van der Waals surface area contributed by atoms with Crippen molar-refractivity contribution >= 4 is 11.9 Å². The minimum absolute atomic E-state index is 0.0591. The molecule has 3 unspecified atom stereocenters.